The molecule has 2 rings (SSSR count). The van der Waals surface area contributed by atoms with E-state index in [0.29, 0.717) is 5.75 Å². The second kappa shape index (κ2) is 8.20. The predicted octanol–water partition coefficient (Wildman–Crippen LogP) is 4.99. The minimum Gasteiger partial charge on any atom is -0.481 e. The maximum absolute atomic E-state index is 12.5. The summed E-state index contributed by atoms with van der Waals surface area (Å²) < 4.78 is 5.80. The third-order valence-corrected chi connectivity index (χ3v) is 4.61. The van der Waals surface area contributed by atoms with Gasteiger partial charge >= 0.3 is 0 Å². The van der Waals surface area contributed by atoms with Crippen LogP contribution in [-0.2, 0) is 4.79 Å². The lowest BCUT2D eigenvalue weighted by atomic mass is 10.0. The zero-order valence-corrected chi connectivity index (χ0v) is 15.4. The second-order valence-electron chi connectivity index (χ2n) is 6.01. The van der Waals surface area contributed by atoms with Crippen molar-refractivity contribution in [3.05, 3.63) is 64.2 Å². The van der Waals surface area contributed by atoms with Crippen LogP contribution in [0.3, 0.4) is 0 Å². The molecule has 0 aliphatic carbocycles. The number of hydrogen-bond acceptors (Lipinski definition) is 2. The third-order valence-electron chi connectivity index (χ3n) is 4.02. The highest BCUT2D eigenvalue weighted by Gasteiger charge is 2.19. The zero-order chi connectivity index (χ0) is 17.7. The molecule has 1 amide bonds. The van der Waals surface area contributed by atoms with Crippen molar-refractivity contribution in [1.29, 1.82) is 0 Å². The smallest absolute Gasteiger partial charge is 0.261 e. The quantitative estimate of drug-likeness (QED) is 0.800. The molecular weight excluding hydrogens is 322 g/mol. The Morgan fingerprint density at radius 3 is 2.29 bits per heavy atom. The number of nitrogens with one attached hydrogen (secondary N) is 1. The van der Waals surface area contributed by atoms with Crippen molar-refractivity contribution in [2.45, 2.75) is 46.3 Å². The van der Waals surface area contributed by atoms with Crippen molar-refractivity contribution >= 4 is 17.5 Å². The van der Waals surface area contributed by atoms with Gasteiger partial charge in [0.1, 0.15) is 5.75 Å². The Bertz CT molecular complexity index is 677. The van der Waals surface area contributed by atoms with Gasteiger partial charge in [-0.25, -0.2) is 0 Å². The molecule has 0 saturated carbocycles. The molecule has 0 bridgehead atoms. The molecular formula is C20H24ClNO2. The minimum atomic E-state index is -0.581. The van der Waals surface area contributed by atoms with Crippen LogP contribution in [0.25, 0.3) is 0 Å². The van der Waals surface area contributed by atoms with E-state index in [-0.39, 0.29) is 11.9 Å². The summed E-state index contributed by atoms with van der Waals surface area (Å²) in [5, 5.41) is 3.78. The molecule has 0 heterocycles. The van der Waals surface area contributed by atoms with Gasteiger partial charge in [0.05, 0.1) is 6.04 Å². The molecule has 0 aliphatic heterocycles. The molecule has 0 saturated heterocycles. The Morgan fingerprint density at radius 1 is 1.17 bits per heavy atom. The van der Waals surface area contributed by atoms with Gasteiger partial charge < -0.3 is 10.1 Å². The van der Waals surface area contributed by atoms with Crippen molar-refractivity contribution < 1.29 is 9.53 Å². The molecule has 2 atom stereocenters. The summed E-state index contributed by atoms with van der Waals surface area (Å²) in [6, 6.07) is 13.7. The summed E-state index contributed by atoms with van der Waals surface area (Å²) in [7, 11) is 0. The van der Waals surface area contributed by atoms with Crippen LogP contribution < -0.4 is 10.1 Å². The highest BCUT2D eigenvalue weighted by Crippen LogP contribution is 2.26. The summed E-state index contributed by atoms with van der Waals surface area (Å²) >= 11 is 6.17. The van der Waals surface area contributed by atoms with E-state index in [9.17, 15) is 4.79 Å². The molecule has 2 aromatic carbocycles. The number of carbonyl (C=O) groups excluding carboxylic acids is 1. The predicted molar refractivity (Wildman–Crippen MR) is 98.6 cm³/mol. The molecule has 0 aromatic heterocycles. The van der Waals surface area contributed by atoms with Crippen molar-refractivity contribution in [1.82, 2.24) is 5.32 Å². The largest absolute Gasteiger partial charge is 0.481 e. The Kier molecular flexibility index (Phi) is 6.27. The fourth-order valence-corrected chi connectivity index (χ4v) is 2.74. The standard InChI is InChI=1S/C20H24ClNO2/c1-5-18(16-9-7-6-8-10-16)22-20(23)15(4)24-17-11-13(2)19(21)14(3)12-17/h6-12,15,18H,5H2,1-4H3,(H,22,23)/t15-,18+/m1/s1. The molecule has 0 radical (unpaired) electrons. The van der Waals surface area contributed by atoms with Crippen LogP contribution in [0.2, 0.25) is 5.02 Å². The van der Waals surface area contributed by atoms with E-state index in [4.69, 9.17) is 16.3 Å². The molecule has 2 aromatic rings. The van der Waals surface area contributed by atoms with Crippen molar-refractivity contribution in [2.24, 2.45) is 0 Å². The Balaban J connectivity index is 2.04. The maximum Gasteiger partial charge on any atom is 0.261 e. The molecule has 24 heavy (non-hydrogen) atoms. The number of carbonyl (C=O) groups is 1. The first-order valence-corrected chi connectivity index (χ1v) is 8.59. The molecule has 0 fully saturated rings. The number of ether oxygens (including phenoxy) is 1. The van der Waals surface area contributed by atoms with Gasteiger partial charge in [-0.2, -0.15) is 0 Å². The van der Waals surface area contributed by atoms with Crippen LogP contribution in [-0.4, -0.2) is 12.0 Å². The highest BCUT2D eigenvalue weighted by atomic mass is 35.5. The van der Waals surface area contributed by atoms with Gasteiger partial charge in [-0.1, -0.05) is 48.9 Å². The Morgan fingerprint density at radius 2 is 1.75 bits per heavy atom. The number of aryl methyl sites for hydroxylation is 2. The molecule has 1 N–H and O–H groups in total. The van der Waals surface area contributed by atoms with Gasteiger partial charge in [0.25, 0.3) is 5.91 Å². The number of hydrogen-bond donors (Lipinski definition) is 1. The molecule has 0 unspecified atom stereocenters. The van der Waals surface area contributed by atoms with Gasteiger partial charge in [0.15, 0.2) is 6.10 Å². The van der Waals surface area contributed by atoms with Gasteiger partial charge in [-0.15, -0.1) is 0 Å². The van der Waals surface area contributed by atoms with E-state index < -0.39 is 6.10 Å². The molecule has 0 aliphatic rings. The monoisotopic (exact) mass is 345 g/mol. The minimum absolute atomic E-state index is 0.0153. The summed E-state index contributed by atoms with van der Waals surface area (Å²) in [6.07, 6.45) is 0.240. The summed E-state index contributed by atoms with van der Waals surface area (Å²) in [5.41, 5.74) is 2.98. The summed E-state index contributed by atoms with van der Waals surface area (Å²) in [4.78, 5) is 12.5. The van der Waals surface area contributed by atoms with Crippen LogP contribution in [0.4, 0.5) is 0 Å². The first-order chi connectivity index (χ1) is 11.4. The van der Waals surface area contributed by atoms with Crippen LogP contribution in [0.15, 0.2) is 42.5 Å². The topological polar surface area (TPSA) is 38.3 Å². The van der Waals surface area contributed by atoms with Gasteiger partial charge in [-0.05, 0) is 56.0 Å². The lowest BCUT2D eigenvalue weighted by molar-refractivity contribution is -0.128. The summed E-state index contributed by atoms with van der Waals surface area (Å²) in [6.45, 7) is 7.66. The number of amides is 1. The molecule has 0 spiro atoms. The average molecular weight is 346 g/mol. The summed E-state index contributed by atoms with van der Waals surface area (Å²) in [5.74, 6) is 0.528. The SMILES string of the molecule is CC[C@H](NC(=O)[C@@H](C)Oc1cc(C)c(Cl)c(C)c1)c1ccccc1. The van der Waals surface area contributed by atoms with Crippen LogP contribution >= 0.6 is 11.6 Å². The molecule has 128 valence electrons. The third kappa shape index (κ3) is 4.51. The second-order valence-corrected chi connectivity index (χ2v) is 6.39. The van der Waals surface area contributed by atoms with Gasteiger partial charge in [0.2, 0.25) is 0 Å². The lowest BCUT2D eigenvalue weighted by Crippen LogP contribution is -2.38. The van der Waals surface area contributed by atoms with E-state index >= 15 is 0 Å². The van der Waals surface area contributed by atoms with Crippen molar-refractivity contribution in [2.75, 3.05) is 0 Å². The highest BCUT2D eigenvalue weighted by molar-refractivity contribution is 6.32. The van der Waals surface area contributed by atoms with Crippen molar-refractivity contribution in [3.63, 3.8) is 0 Å². The average Bonchev–Trinajstić information content (AvgIpc) is 2.57. The van der Waals surface area contributed by atoms with Crippen LogP contribution in [0.1, 0.15) is 43.0 Å². The Hall–Kier alpha value is -2.00. The Labute approximate surface area is 149 Å². The first kappa shape index (κ1) is 18.3. The molecule has 4 heteroatoms. The van der Waals surface area contributed by atoms with E-state index in [1.54, 1.807) is 6.92 Å². The van der Waals surface area contributed by atoms with E-state index in [2.05, 4.69) is 12.2 Å². The lowest BCUT2D eigenvalue weighted by Gasteiger charge is -2.21. The van der Waals surface area contributed by atoms with E-state index in [1.165, 1.54) is 0 Å². The number of halogens is 1. The van der Waals surface area contributed by atoms with E-state index in [1.807, 2.05) is 56.3 Å². The molecule has 3 nitrogen and oxygen atoms in total. The van der Waals surface area contributed by atoms with Crippen molar-refractivity contribution in [3.8, 4) is 5.75 Å². The number of rotatable bonds is 6. The number of benzene rings is 2. The normalized spacial score (nSPS) is 13.2. The van der Waals surface area contributed by atoms with Crippen LogP contribution in [0, 0.1) is 13.8 Å². The van der Waals surface area contributed by atoms with Crippen LogP contribution in [0.5, 0.6) is 5.75 Å². The maximum atomic E-state index is 12.5. The fraction of sp³-hybridized carbons (Fsp3) is 0.350. The van der Waals surface area contributed by atoms with Gasteiger partial charge in [-0.3, -0.25) is 4.79 Å². The fourth-order valence-electron chi connectivity index (χ4n) is 2.63. The zero-order valence-electron chi connectivity index (χ0n) is 14.6. The first-order valence-electron chi connectivity index (χ1n) is 8.21. The van der Waals surface area contributed by atoms with E-state index in [0.717, 1.165) is 28.1 Å². The van der Waals surface area contributed by atoms with Gasteiger partial charge in [0, 0.05) is 5.02 Å².